The normalized spacial score (nSPS) is 11.5. The standard InChI is InChI=1S/C18H19NO5/c1-11-5-4-6-13(9-11)19-17(21)12(2)24-18(22)15-8-7-14(23-3)10-16(15)20/h4-10,12,20H,1-3H3,(H,19,21)/t12-/m1/s1. The molecule has 2 rings (SSSR count). The van der Waals surface area contributed by atoms with Gasteiger partial charge in [0.2, 0.25) is 0 Å². The number of methoxy groups -OCH3 is 1. The molecule has 6 nitrogen and oxygen atoms in total. The number of phenols is 1. The van der Waals surface area contributed by atoms with Crippen molar-refractivity contribution >= 4 is 17.6 Å². The van der Waals surface area contributed by atoms with Crippen molar-refractivity contribution in [1.82, 2.24) is 0 Å². The minimum absolute atomic E-state index is 0.0361. The van der Waals surface area contributed by atoms with E-state index in [1.54, 1.807) is 6.07 Å². The summed E-state index contributed by atoms with van der Waals surface area (Å²) in [6.07, 6.45) is -1.01. The topological polar surface area (TPSA) is 84.9 Å². The maximum Gasteiger partial charge on any atom is 0.342 e. The molecule has 0 aromatic heterocycles. The molecule has 0 radical (unpaired) electrons. The highest BCUT2D eigenvalue weighted by atomic mass is 16.5. The SMILES string of the molecule is COc1ccc(C(=O)O[C@H](C)C(=O)Nc2cccc(C)c2)c(O)c1. The van der Waals surface area contributed by atoms with Crippen molar-refractivity contribution < 1.29 is 24.2 Å². The first-order valence-corrected chi connectivity index (χ1v) is 7.36. The van der Waals surface area contributed by atoms with Crippen LogP contribution in [0.5, 0.6) is 11.5 Å². The van der Waals surface area contributed by atoms with Gasteiger partial charge in [0.25, 0.3) is 5.91 Å². The Labute approximate surface area is 140 Å². The average Bonchev–Trinajstić information content (AvgIpc) is 2.54. The summed E-state index contributed by atoms with van der Waals surface area (Å²) < 4.78 is 10.1. The van der Waals surface area contributed by atoms with Gasteiger partial charge in [-0.3, -0.25) is 4.79 Å². The number of hydrogen-bond donors (Lipinski definition) is 2. The van der Waals surface area contributed by atoms with Crippen LogP contribution >= 0.6 is 0 Å². The van der Waals surface area contributed by atoms with E-state index in [1.807, 2.05) is 25.1 Å². The zero-order valence-electron chi connectivity index (χ0n) is 13.7. The molecule has 24 heavy (non-hydrogen) atoms. The van der Waals surface area contributed by atoms with E-state index in [2.05, 4.69) is 5.32 Å². The van der Waals surface area contributed by atoms with E-state index >= 15 is 0 Å². The van der Waals surface area contributed by atoms with Gasteiger partial charge in [0, 0.05) is 11.8 Å². The van der Waals surface area contributed by atoms with Crippen LogP contribution in [0.25, 0.3) is 0 Å². The highest BCUT2D eigenvalue weighted by Gasteiger charge is 2.21. The molecule has 2 aromatic carbocycles. The molecular weight excluding hydrogens is 310 g/mol. The summed E-state index contributed by atoms with van der Waals surface area (Å²) in [5.41, 5.74) is 1.59. The number of rotatable bonds is 5. The zero-order valence-corrected chi connectivity index (χ0v) is 13.7. The van der Waals surface area contributed by atoms with E-state index in [4.69, 9.17) is 9.47 Å². The number of amides is 1. The van der Waals surface area contributed by atoms with Crippen LogP contribution < -0.4 is 10.1 Å². The largest absolute Gasteiger partial charge is 0.507 e. The second-order valence-corrected chi connectivity index (χ2v) is 5.29. The molecule has 2 N–H and O–H groups in total. The van der Waals surface area contributed by atoms with Crippen LogP contribution in [-0.4, -0.2) is 30.2 Å². The van der Waals surface area contributed by atoms with Gasteiger partial charge in [-0.15, -0.1) is 0 Å². The lowest BCUT2D eigenvalue weighted by Gasteiger charge is -2.14. The van der Waals surface area contributed by atoms with Gasteiger partial charge in [-0.05, 0) is 43.7 Å². The Balaban J connectivity index is 2.01. The lowest BCUT2D eigenvalue weighted by Crippen LogP contribution is -2.30. The number of esters is 1. The summed E-state index contributed by atoms with van der Waals surface area (Å²) in [5.74, 6) is -1.11. The van der Waals surface area contributed by atoms with E-state index in [0.717, 1.165) is 5.56 Å². The molecule has 2 aromatic rings. The summed E-state index contributed by atoms with van der Waals surface area (Å²) in [6.45, 7) is 3.37. The highest BCUT2D eigenvalue weighted by Crippen LogP contribution is 2.24. The molecule has 0 heterocycles. The lowest BCUT2D eigenvalue weighted by molar-refractivity contribution is -0.123. The summed E-state index contributed by atoms with van der Waals surface area (Å²) in [5, 5.41) is 12.5. The Morgan fingerprint density at radius 1 is 1.17 bits per heavy atom. The Hall–Kier alpha value is -3.02. The maximum atomic E-state index is 12.1. The van der Waals surface area contributed by atoms with Crippen molar-refractivity contribution in [3.05, 3.63) is 53.6 Å². The van der Waals surface area contributed by atoms with Crippen LogP contribution in [0.2, 0.25) is 0 Å². The van der Waals surface area contributed by atoms with Gasteiger partial charge in [-0.25, -0.2) is 4.79 Å². The number of carbonyl (C=O) groups is 2. The van der Waals surface area contributed by atoms with E-state index in [0.29, 0.717) is 11.4 Å². The summed E-state index contributed by atoms with van der Waals surface area (Å²) >= 11 is 0. The summed E-state index contributed by atoms with van der Waals surface area (Å²) in [6, 6.07) is 11.5. The molecule has 1 amide bonds. The molecule has 0 saturated carbocycles. The zero-order chi connectivity index (χ0) is 17.7. The van der Waals surface area contributed by atoms with Crippen molar-refractivity contribution in [2.24, 2.45) is 0 Å². The van der Waals surface area contributed by atoms with Gasteiger partial charge in [0.1, 0.15) is 17.1 Å². The predicted molar refractivity (Wildman–Crippen MR) is 89.3 cm³/mol. The van der Waals surface area contributed by atoms with Crippen molar-refractivity contribution in [3.8, 4) is 11.5 Å². The summed E-state index contributed by atoms with van der Waals surface area (Å²) in [4.78, 5) is 24.2. The van der Waals surface area contributed by atoms with Crippen molar-refractivity contribution in [1.29, 1.82) is 0 Å². The first-order valence-electron chi connectivity index (χ1n) is 7.36. The fourth-order valence-electron chi connectivity index (χ4n) is 2.06. The van der Waals surface area contributed by atoms with E-state index in [1.165, 1.54) is 32.2 Å². The van der Waals surface area contributed by atoms with Gasteiger partial charge in [-0.2, -0.15) is 0 Å². The van der Waals surface area contributed by atoms with Crippen LogP contribution in [-0.2, 0) is 9.53 Å². The number of ether oxygens (including phenoxy) is 2. The molecule has 0 fully saturated rings. The molecule has 0 aliphatic carbocycles. The second kappa shape index (κ2) is 7.50. The van der Waals surface area contributed by atoms with Gasteiger partial charge >= 0.3 is 5.97 Å². The fraction of sp³-hybridized carbons (Fsp3) is 0.222. The number of benzene rings is 2. The molecule has 126 valence electrons. The third-order valence-corrected chi connectivity index (χ3v) is 3.36. The molecule has 1 atom stereocenters. The number of hydrogen-bond acceptors (Lipinski definition) is 5. The molecule has 0 aliphatic rings. The number of nitrogens with one attached hydrogen (secondary N) is 1. The fourth-order valence-corrected chi connectivity index (χ4v) is 2.06. The Morgan fingerprint density at radius 2 is 1.92 bits per heavy atom. The summed E-state index contributed by atoms with van der Waals surface area (Å²) in [7, 11) is 1.45. The molecule has 0 aliphatic heterocycles. The van der Waals surface area contributed by atoms with Crippen molar-refractivity contribution in [2.45, 2.75) is 20.0 Å². The van der Waals surface area contributed by atoms with Crippen molar-refractivity contribution in [2.75, 3.05) is 12.4 Å². The number of aryl methyl sites for hydroxylation is 1. The number of aromatic hydroxyl groups is 1. The predicted octanol–water partition coefficient (Wildman–Crippen LogP) is 2.89. The number of carbonyl (C=O) groups excluding carboxylic acids is 2. The van der Waals surface area contributed by atoms with Gasteiger partial charge in [0.15, 0.2) is 6.10 Å². The van der Waals surface area contributed by atoms with Gasteiger partial charge in [-0.1, -0.05) is 12.1 Å². The molecule has 0 bridgehead atoms. The molecule has 6 heteroatoms. The number of phenolic OH excluding ortho intramolecular Hbond substituents is 1. The van der Waals surface area contributed by atoms with Crippen LogP contribution in [0.15, 0.2) is 42.5 Å². The third kappa shape index (κ3) is 4.25. The van der Waals surface area contributed by atoms with Gasteiger partial charge in [0.05, 0.1) is 7.11 Å². The molecular formula is C18H19NO5. The Morgan fingerprint density at radius 3 is 2.54 bits per heavy atom. The molecule has 0 spiro atoms. The Kier molecular flexibility index (Phi) is 5.42. The first-order chi connectivity index (χ1) is 11.4. The highest BCUT2D eigenvalue weighted by molar-refractivity contribution is 5.98. The van der Waals surface area contributed by atoms with E-state index in [9.17, 15) is 14.7 Å². The van der Waals surface area contributed by atoms with E-state index in [-0.39, 0.29) is 11.3 Å². The van der Waals surface area contributed by atoms with Crippen LogP contribution in [0.4, 0.5) is 5.69 Å². The van der Waals surface area contributed by atoms with Crippen LogP contribution in [0.3, 0.4) is 0 Å². The van der Waals surface area contributed by atoms with E-state index < -0.39 is 18.0 Å². The van der Waals surface area contributed by atoms with Crippen molar-refractivity contribution in [3.63, 3.8) is 0 Å². The van der Waals surface area contributed by atoms with Gasteiger partial charge < -0.3 is 19.9 Å². The lowest BCUT2D eigenvalue weighted by atomic mass is 10.2. The monoisotopic (exact) mass is 329 g/mol. The average molecular weight is 329 g/mol. The second-order valence-electron chi connectivity index (χ2n) is 5.29. The maximum absolute atomic E-state index is 12.1. The smallest absolute Gasteiger partial charge is 0.342 e. The Bertz CT molecular complexity index is 757. The third-order valence-electron chi connectivity index (χ3n) is 3.36. The first kappa shape index (κ1) is 17.3. The minimum Gasteiger partial charge on any atom is -0.507 e. The molecule has 0 unspecified atom stereocenters. The van der Waals surface area contributed by atoms with Crippen LogP contribution in [0.1, 0.15) is 22.8 Å². The van der Waals surface area contributed by atoms with Crippen LogP contribution in [0, 0.1) is 6.92 Å². The molecule has 0 saturated heterocycles. The minimum atomic E-state index is -1.01. The number of anilines is 1. The quantitative estimate of drug-likeness (QED) is 0.824.